The fourth-order valence-electron chi connectivity index (χ4n) is 2.47. The number of likely N-dealkylation sites (N-methyl/N-ethyl adjacent to an activating group) is 1. The van der Waals surface area contributed by atoms with Crippen LogP contribution in [0, 0.1) is 0 Å². The van der Waals surface area contributed by atoms with E-state index in [2.05, 4.69) is 15.3 Å². The molecule has 2 heterocycles. The van der Waals surface area contributed by atoms with Crippen LogP contribution < -0.4 is 5.32 Å². The summed E-state index contributed by atoms with van der Waals surface area (Å²) in [5, 5.41) is 2.92. The van der Waals surface area contributed by atoms with E-state index in [9.17, 15) is 22.0 Å². The summed E-state index contributed by atoms with van der Waals surface area (Å²) in [6, 6.07) is -0.330. The molecule has 1 unspecified atom stereocenters. The van der Waals surface area contributed by atoms with Gasteiger partial charge in [-0.1, -0.05) is 0 Å². The second-order valence-corrected chi connectivity index (χ2v) is 5.30. The Balaban J connectivity index is 2.14. The SMILES string of the molecule is CNCC(c1cnc(C(F)(F)F)nc1)N1CCC(F)(F)CC1. The summed E-state index contributed by atoms with van der Waals surface area (Å²) in [6.45, 7) is 0.779. The van der Waals surface area contributed by atoms with Crippen molar-refractivity contribution < 1.29 is 22.0 Å². The minimum atomic E-state index is -4.59. The van der Waals surface area contributed by atoms with Gasteiger partial charge in [0.25, 0.3) is 5.92 Å². The van der Waals surface area contributed by atoms with Crippen LogP contribution in [0.15, 0.2) is 12.4 Å². The third-order valence-electron chi connectivity index (χ3n) is 3.68. The number of likely N-dealkylation sites (tertiary alicyclic amines) is 1. The lowest BCUT2D eigenvalue weighted by atomic mass is 10.0. The minimum absolute atomic E-state index is 0.181. The highest BCUT2D eigenvalue weighted by atomic mass is 19.4. The van der Waals surface area contributed by atoms with Crippen LogP contribution in [0.5, 0.6) is 0 Å². The van der Waals surface area contributed by atoms with E-state index in [1.165, 1.54) is 0 Å². The average molecular weight is 324 g/mol. The molecular weight excluding hydrogens is 307 g/mol. The van der Waals surface area contributed by atoms with Crippen LogP contribution in [0.3, 0.4) is 0 Å². The van der Waals surface area contributed by atoms with Crippen LogP contribution >= 0.6 is 0 Å². The summed E-state index contributed by atoms with van der Waals surface area (Å²) in [5.41, 5.74) is 0.479. The first-order chi connectivity index (χ1) is 10.2. The van der Waals surface area contributed by atoms with Crippen LogP contribution in [0.1, 0.15) is 30.3 Å². The van der Waals surface area contributed by atoms with Gasteiger partial charge in [0.1, 0.15) is 0 Å². The van der Waals surface area contributed by atoms with Crippen LogP contribution in [-0.4, -0.2) is 47.5 Å². The number of piperidine rings is 1. The third kappa shape index (κ3) is 4.10. The second kappa shape index (κ2) is 6.41. The highest BCUT2D eigenvalue weighted by Gasteiger charge is 2.37. The molecule has 1 aliphatic rings. The predicted octanol–water partition coefficient (Wildman–Crippen LogP) is 2.49. The van der Waals surface area contributed by atoms with Crippen molar-refractivity contribution in [1.82, 2.24) is 20.2 Å². The van der Waals surface area contributed by atoms with Gasteiger partial charge in [0, 0.05) is 50.4 Å². The van der Waals surface area contributed by atoms with E-state index in [1.54, 1.807) is 7.05 Å². The smallest absolute Gasteiger partial charge is 0.318 e. The summed E-state index contributed by atoms with van der Waals surface area (Å²) in [4.78, 5) is 8.49. The minimum Gasteiger partial charge on any atom is -0.318 e. The van der Waals surface area contributed by atoms with Gasteiger partial charge >= 0.3 is 6.18 Å². The molecule has 0 amide bonds. The van der Waals surface area contributed by atoms with E-state index in [0.717, 1.165) is 12.4 Å². The zero-order chi connectivity index (χ0) is 16.4. The molecule has 124 valence electrons. The number of halogens is 5. The predicted molar refractivity (Wildman–Crippen MR) is 69.5 cm³/mol. The molecule has 1 aromatic rings. The van der Waals surface area contributed by atoms with Crippen LogP contribution in [-0.2, 0) is 6.18 Å². The number of aromatic nitrogens is 2. The molecule has 4 nitrogen and oxygen atoms in total. The van der Waals surface area contributed by atoms with Gasteiger partial charge in [-0.2, -0.15) is 13.2 Å². The van der Waals surface area contributed by atoms with Gasteiger partial charge in [-0.15, -0.1) is 0 Å². The summed E-state index contributed by atoms with van der Waals surface area (Å²) in [5.74, 6) is -3.87. The highest BCUT2D eigenvalue weighted by Crippen LogP contribution is 2.32. The van der Waals surface area contributed by atoms with Crippen molar-refractivity contribution in [1.29, 1.82) is 0 Å². The molecule has 0 aliphatic carbocycles. The van der Waals surface area contributed by atoms with Crippen LogP contribution in [0.2, 0.25) is 0 Å². The number of rotatable bonds is 4. The summed E-state index contributed by atoms with van der Waals surface area (Å²) < 4.78 is 63.9. The maximum Gasteiger partial charge on any atom is 0.451 e. The quantitative estimate of drug-likeness (QED) is 0.864. The molecule has 1 aromatic heterocycles. The van der Waals surface area contributed by atoms with Gasteiger partial charge in [0.05, 0.1) is 6.04 Å². The van der Waals surface area contributed by atoms with Crippen molar-refractivity contribution in [2.45, 2.75) is 31.0 Å². The van der Waals surface area contributed by atoms with Crippen molar-refractivity contribution in [2.75, 3.05) is 26.7 Å². The molecule has 0 radical (unpaired) electrons. The third-order valence-corrected chi connectivity index (χ3v) is 3.68. The van der Waals surface area contributed by atoms with E-state index in [1.807, 2.05) is 4.90 Å². The molecule has 0 spiro atoms. The first kappa shape index (κ1) is 17.0. The van der Waals surface area contributed by atoms with E-state index < -0.39 is 17.9 Å². The molecule has 1 aliphatic heterocycles. The van der Waals surface area contributed by atoms with Crippen molar-refractivity contribution in [3.63, 3.8) is 0 Å². The molecule has 0 aromatic carbocycles. The van der Waals surface area contributed by atoms with Crippen LogP contribution in [0.25, 0.3) is 0 Å². The Hall–Kier alpha value is -1.35. The van der Waals surface area contributed by atoms with Crippen molar-refractivity contribution in [3.8, 4) is 0 Å². The summed E-state index contributed by atoms with van der Waals surface area (Å²) >= 11 is 0. The Morgan fingerprint density at radius 3 is 2.23 bits per heavy atom. The molecule has 1 fully saturated rings. The maximum absolute atomic E-state index is 13.2. The molecule has 9 heteroatoms. The molecule has 0 bridgehead atoms. The number of alkyl halides is 5. The lowest BCUT2D eigenvalue weighted by Crippen LogP contribution is -2.44. The average Bonchev–Trinajstić information content (AvgIpc) is 2.45. The van der Waals surface area contributed by atoms with Crippen molar-refractivity contribution in [2.24, 2.45) is 0 Å². The Kier molecular flexibility index (Phi) is 4.96. The zero-order valence-corrected chi connectivity index (χ0v) is 12.0. The molecule has 0 saturated carbocycles. The molecule has 2 rings (SSSR count). The lowest BCUT2D eigenvalue weighted by molar-refractivity contribution is -0.145. The van der Waals surface area contributed by atoms with Gasteiger partial charge in [0.2, 0.25) is 5.82 Å². The maximum atomic E-state index is 13.2. The Morgan fingerprint density at radius 2 is 1.77 bits per heavy atom. The lowest BCUT2D eigenvalue weighted by Gasteiger charge is -2.37. The normalized spacial score (nSPS) is 20.8. The monoisotopic (exact) mass is 324 g/mol. The number of hydrogen-bond donors (Lipinski definition) is 1. The van der Waals surface area contributed by atoms with Gasteiger partial charge in [-0.3, -0.25) is 4.90 Å². The molecule has 1 atom stereocenters. The fraction of sp³-hybridized carbons (Fsp3) is 0.692. The number of nitrogens with zero attached hydrogens (tertiary/aromatic N) is 3. The second-order valence-electron chi connectivity index (χ2n) is 5.30. The molecule has 1 N–H and O–H groups in total. The summed E-state index contributed by atoms with van der Waals surface area (Å²) in [7, 11) is 1.69. The molecule has 22 heavy (non-hydrogen) atoms. The highest BCUT2D eigenvalue weighted by molar-refractivity contribution is 5.13. The van der Waals surface area contributed by atoms with Gasteiger partial charge in [-0.25, -0.2) is 18.7 Å². The largest absolute Gasteiger partial charge is 0.451 e. The van der Waals surface area contributed by atoms with E-state index >= 15 is 0 Å². The molecule has 1 saturated heterocycles. The van der Waals surface area contributed by atoms with E-state index in [0.29, 0.717) is 12.1 Å². The van der Waals surface area contributed by atoms with Gasteiger partial charge < -0.3 is 5.32 Å². The number of nitrogens with one attached hydrogen (secondary N) is 1. The van der Waals surface area contributed by atoms with Crippen LogP contribution in [0.4, 0.5) is 22.0 Å². The first-order valence-corrected chi connectivity index (χ1v) is 6.88. The Bertz CT molecular complexity index is 478. The van der Waals surface area contributed by atoms with Gasteiger partial charge in [0.15, 0.2) is 0 Å². The van der Waals surface area contributed by atoms with Crippen molar-refractivity contribution >= 4 is 0 Å². The van der Waals surface area contributed by atoms with Crippen molar-refractivity contribution in [3.05, 3.63) is 23.8 Å². The zero-order valence-electron chi connectivity index (χ0n) is 12.0. The molecular formula is C13H17F5N4. The first-order valence-electron chi connectivity index (χ1n) is 6.88. The van der Waals surface area contributed by atoms with E-state index in [-0.39, 0.29) is 32.0 Å². The van der Waals surface area contributed by atoms with E-state index in [4.69, 9.17) is 0 Å². The topological polar surface area (TPSA) is 41.1 Å². The summed E-state index contributed by atoms with van der Waals surface area (Å²) in [6.07, 6.45) is -2.87. The standard InChI is InChI=1S/C13H17F5N4/c1-19-8-10(22-4-2-12(14,15)3-5-22)9-6-20-11(21-7-9)13(16,17)18/h6-7,10,19H,2-5,8H2,1H3. The Labute approximate surface area is 124 Å². The fourth-order valence-corrected chi connectivity index (χ4v) is 2.47. The van der Waals surface area contributed by atoms with Gasteiger partial charge in [-0.05, 0) is 7.05 Å². The Morgan fingerprint density at radius 1 is 1.23 bits per heavy atom. The number of hydrogen-bond acceptors (Lipinski definition) is 4.